The van der Waals surface area contributed by atoms with Crippen LogP contribution in [0.25, 0.3) is 28.0 Å². The summed E-state index contributed by atoms with van der Waals surface area (Å²) in [6.07, 6.45) is 17.8. The van der Waals surface area contributed by atoms with Crippen molar-refractivity contribution in [3.05, 3.63) is 96.1 Å². The zero-order valence-corrected chi connectivity index (χ0v) is 25.0. The van der Waals surface area contributed by atoms with Crippen LogP contribution in [0.2, 0.25) is 0 Å². The fourth-order valence-corrected chi connectivity index (χ4v) is 6.00. The molecule has 6 rings (SSSR count). The van der Waals surface area contributed by atoms with Crippen molar-refractivity contribution < 1.29 is 14.3 Å². The van der Waals surface area contributed by atoms with Crippen LogP contribution in [0.5, 0.6) is 5.75 Å². The fraction of sp³-hybridized carbons (Fsp3) is 0.343. The lowest BCUT2D eigenvalue weighted by Gasteiger charge is -2.43. The van der Waals surface area contributed by atoms with Gasteiger partial charge in [-0.1, -0.05) is 48.6 Å². The van der Waals surface area contributed by atoms with Gasteiger partial charge in [-0.3, -0.25) is 4.98 Å². The van der Waals surface area contributed by atoms with Gasteiger partial charge in [0.15, 0.2) is 0 Å². The van der Waals surface area contributed by atoms with Crippen LogP contribution in [-0.4, -0.2) is 33.2 Å². The maximum atomic E-state index is 12.7. The van der Waals surface area contributed by atoms with E-state index in [1.54, 1.807) is 13.3 Å². The van der Waals surface area contributed by atoms with Gasteiger partial charge in [0, 0.05) is 35.0 Å². The second-order valence-electron chi connectivity index (χ2n) is 12.4. The molecule has 7 heteroatoms. The highest BCUT2D eigenvalue weighted by molar-refractivity contribution is 5.82. The second kappa shape index (κ2) is 10.8. The molecule has 1 atom stereocenters. The summed E-state index contributed by atoms with van der Waals surface area (Å²) in [6.45, 7) is 7.77. The van der Waals surface area contributed by atoms with Gasteiger partial charge in [-0.2, -0.15) is 0 Å². The smallest absolute Gasteiger partial charge is 0.408 e. The molecule has 4 aromatic rings. The van der Waals surface area contributed by atoms with Crippen molar-refractivity contribution in [1.82, 2.24) is 19.7 Å². The molecule has 1 N–H and O–H groups in total. The average Bonchev–Trinajstić information content (AvgIpc) is 3.33. The fourth-order valence-electron chi connectivity index (χ4n) is 6.00. The minimum atomic E-state index is -0.542. The molecule has 0 spiro atoms. The van der Waals surface area contributed by atoms with Crippen LogP contribution in [0.15, 0.2) is 79.3 Å². The van der Waals surface area contributed by atoms with E-state index in [0.717, 1.165) is 70.5 Å². The number of carbonyl (C=O) groups excluding carboxylic acids is 1. The number of nitrogens with zero attached hydrogens (tertiary/aromatic N) is 3. The van der Waals surface area contributed by atoms with Gasteiger partial charge in [-0.25, -0.2) is 9.78 Å². The summed E-state index contributed by atoms with van der Waals surface area (Å²) in [5, 5.41) is 3.17. The molecule has 0 saturated heterocycles. The lowest BCUT2D eigenvalue weighted by molar-refractivity contribution is 0.0377. The lowest BCUT2D eigenvalue weighted by Crippen LogP contribution is -2.52. The summed E-state index contributed by atoms with van der Waals surface area (Å²) < 4.78 is 13.3. The van der Waals surface area contributed by atoms with E-state index >= 15 is 0 Å². The van der Waals surface area contributed by atoms with Crippen molar-refractivity contribution in [2.75, 3.05) is 7.11 Å². The molecule has 3 aromatic heterocycles. The Kier molecular flexibility index (Phi) is 7.13. The van der Waals surface area contributed by atoms with E-state index in [1.807, 2.05) is 33.0 Å². The number of rotatable bonds is 6. The molecule has 1 unspecified atom stereocenters. The first-order valence-electron chi connectivity index (χ1n) is 14.6. The topological polar surface area (TPSA) is 77.8 Å². The van der Waals surface area contributed by atoms with Gasteiger partial charge in [0.05, 0.1) is 30.2 Å². The number of hydrogen-bond donors (Lipinski definition) is 1. The normalized spacial score (nSPS) is 17.6. The number of fused-ring (bicyclic) bond motifs is 1. The van der Waals surface area contributed by atoms with E-state index in [4.69, 9.17) is 14.5 Å². The number of alkyl carbamates (subject to hydrolysis) is 1. The summed E-state index contributed by atoms with van der Waals surface area (Å²) in [6, 6.07) is 12.7. The summed E-state index contributed by atoms with van der Waals surface area (Å²) >= 11 is 0. The Morgan fingerprint density at radius 3 is 2.50 bits per heavy atom. The van der Waals surface area contributed by atoms with Crippen molar-refractivity contribution >= 4 is 11.7 Å². The van der Waals surface area contributed by atoms with Crippen LogP contribution in [0, 0.1) is 6.92 Å². The van der Waals surface area contributed by atoms with Crippen LogP contribution in [0.4, 0.5) is 4.79 Å². The van der Waals surface area contributed by atoms with Crippen LogP contribution >= 0.6 is 0 Å². The van der Waals surface area contributed by atoms with Gasteiger partial charge in [0.2, 0.25) is 0 Å². The molecule has 2 aliphatic carbocycles. The van der Waals surface area contributed by atoms with Gasteiger partial charge < -0.3 is 19.2 Å². The predicted molar refractivity (Wildman–Crippen MR) is 166 cm³/mol. The van der Waals surface area contributed by atoms with Crippen molar-refractivity contribution in [3.63, 3.8) is 0 Å². The lowest BCUT2D eigenvalue weighted by atomic mass is 9.71. The van der Waals surface area contributed by atoms with Crippen molar-refractivity contribution in [2.45, 2.75) is 70.4 Å². The van der Waals surface area contributed by atoms with Gasteiger partial charge in [0.25, 0.3) is 0 Å². The maximum absolute atomic E-state index is 12.7. The number of carbonyl (C=O) groups is 1. The zero-order chi connectivity index (χ0) is 29.5. The van der Waals surface area contributed by atoms with Crippen LogP contribution in [0.1, 0.15) is 69.2 Å². The van der Waals surface area contributed by atoms with Crippen LogP contribution in [-0.2, 0) is 10.3 Å². The van der Waals surface area contributed by atoms with Gasteiger partial charge in [-0.05, 0) is 76.6 Å². The zero-order valence-electron chi connectivity index (χ0n) is 25.0. The number of benzene rings is 1. The molecular formula is C35H38N4O3. The molecular weight excluding hydrogens is 524 g/mol. The molecule has 216 valence electrons. The number of imidazole rings is 1. The number of hydrogen-bond acceptors (Lipinski definition) is 5. The molecule has 1 fully saturated rings. The monoisotopic (exact) mass is 562 g/mol. The molecule has 0 bridgehead atoms. The van der Waals surface area contributed by atoms with E-state index in [-0.39, 0.29) is 12.0 Å². The molecule has 1 aromatic carbocycles. The molecule has 3 heterocycles. The Balaban J connectivity index is 1.44. The Labute approximate surface area is 247 Å². The standard InChI is InChI=1S/C35H38N4O3/c1-23-18-29(26-19-28(41-5)21-36-20-26)32-37-30(31(39(32)22-23)25-10-7-6-8-11-25)24-12-14-27(15-13-24)35(16-9-17-35)38-33(40)42-34(2,3)4/h6-8,10,12-15,18-22,25H,9,11,16-17H2,1-5H3,(H,38,40). The van der Waals surface area contributed by atoms with E-state index < -0.39 is 11.1 Å². The first kappa shape index (κ1) is 27.8. The number of aromatic nitrogens is 3. The Morgan fingerprint density at radius 1 is 1.07 bits per heavy atom. The van der Waals surface area contributed by atoms with Gasteiger partial charge >= 0.3 is 6.09 Å². The highest BCUT2D eigenvalue weighted by Crippen LogP contribution is 2.43. The van der Waals surface area contributed by atoms with Crippen LogP contribution < -0.4 is 10.1 Å². The minimum absolute atomic E-state index is 0.185. The number of amides is 1. The summed E-state index contributed by atoms with van der Waals surface area (Å²) in [5.74, 6) is 0.893. The highest BCUT2D eigenvalue weighted by atomic mass is 16.6. The maximum Gasteiger partial charge on any atom is 0.408 e. The van der Waals surface area contributed by atoms with E-state index in [1.165, 1.54) is 0 Å². The number of ether oxygens (including phenoxy) is 2. The highest BCUT2D eigenvalue weighted by Gasteiger charge is 2.41. The van der Waals surface area contributed by atoms with Gasteiger partial charge in [-0.15, -0.1) is 0 Å². The number of aryl methyl sites for hydroxylation is 1. The molecule has 42 heavy (non-hydrogen) atoms. The van der Waals surface area contributed by atoms with Gasteiger partial charge in [0.1, 0.15) is 17.0 Å². The third-order valence-electron chi connectivity index (χ3n) is 8.14. The number of pyridine rings is 2. The first-order chi connectivity index (χ1) is 20.2. The molecule has 7 nitrogen and oxygen atoms in total. The Bertz CT molecular complexity index is 1690. The largest absolute Gasteiger partial charge is 0.495 e. The quantitative estimate of drug-likeness (QED) is 0.259. The molecule has 0 radical (unpaired) electrons. The van der Waals surface area contributed by atoms with E-state index in [9.17, 15) is 4.79 Å². The number of nitrogens with one attached hydrogen (secondary N) is 1. The molecule has 0 aliphatic heterocycles. The van der Waals surface area contributed by atoms with Crippen molar-refractivity contribution in [3.8, 4) is 28.1 Å². The van der Waals surface area contributed by atoms with E-state index in [2.05, 4.69) is 82.5 Å². The number of allylic oxidation sites excluding steroid dienone is 4. The summed E-state index contributed by atoms with van der Waals surface area (Å²) in [5.41, 5.74) is 7.29. The van der Waals surface area contributed by atoms with Crippen molar-refractivity contribution in [2.24, 2.45) is 0 Å². The van der Waals surface area contributed by atoms with Crippen LogP contribution in [0.3, 0.4) is 0 Å². The molecule has 1 amide bonds. The third kappa shape index (κ3) is 5.31. The summed E-state index contributed by atoms with van der Waals surface area (Å²) in [4.78, 5) is 22.4. The SMILES string of the molecule is COc1cncc(-c2cc(C)cn3c(C4C=CC=CC4)c(-c4ccc(C5(NC(=O)OC(C)(C)C)CCC5)cc4)nc23)c1. The number of methoxy groups -OCH3 is 1. The molecule has 2 aliphatic rings. The van der Waals surface area contributed by atoms with Crippen molar-refractivity contribution in [1.29, 1.82) is 0 Å². The van der Waals surface area contributed by atoms with E-state index in [0.29, 0.717) is 5.75 Å². The Morgan fingerprint density at radius 2 is 1.86 bits per heavy atom. The minimum Gasteiger partial charge on any atom is -0.495 e. The first-order valence-corrected chi connectivity index (χ1v) is 14.6. The predicted octanol–water partition coefficient (Wildman–Crippen LogP) is 7.88. The molecule has 1 saturated carbocycles. The average molecular weight is 563 g/mol. The third-order valence-corrected chi connectivity index (χ3v) is 8.14. The summed E-state index contributed by atoms with van der Waals surface area (Å²) in [7, 11) is 1.65. The Hall–Kier alpha value is -4.39. The second-order valence-corrected chi connectivity index (χ2v) is 12.4.